The van der Waals surface area contributed by atoms with Gasteiger partial charge in [0.15, 0.2) is 5.78 Å². The summed E-state index contributed by atoms with van der Waals surface area (Å²) in [6.45, 7) is 2.75. The summed E-state index contributed by atoms with van der Waals surface area (Å²) in [5.41, 5.74) is 2.25. The Kier molecular flexibility index (Phi) is 4.23. The van der Waals surface area contributed by atoms with E-state index in [0.29, 0.717) is 28.1 Å². The van der Waals surface area contributed by atoms with Gasteiger partial charge in [-0.2, -0.15) is 0 Å². The zero-order chi connectivity index (χ0) is 18.1. The van der Waals surface area contributed by atoms with E-state index in [9.17, 15) is 14.4 Å². The van der Waals surface area contributed by atoms with Gasteiger partial charge >= 0.3 is 0 Å². The van der Waals surface area contributed by atoms with E-state index in [1.165, 1.54) is 13.8 Å². The number of carbonyl (C=O) groups excluding carboxylic acids is 3. The molecular formula is C20H17NO4. The number of rotatable bonds is 3. The molecule has 0 fully saturated rings. The van der Waals surface area contributed by atoms with Crippen molar-refractivity contribution >= 4 is 34.4 Å². The Labute approximate surface area is 145 Å². The first-order chi connectivity index (χ1) is 12.0. The van der Waals surface area contributed by atoms with E-state index in [1.54, 1.807) is 55.6 Å². The molecule has 126 valence electrons. The number of carbonyl (C=O) groups is 3. The second-order valence-corrected chi connectivity index (χ2v) is 5.71. The van der Waals surface area contributed by atoms with Gasteiger partial charge in [0.1, 0.15) is 5.75 Å². The van der Waals surface area contributed by atoms with Crippen molar-refractivity contribution in [3.63, 3.8) is 0 Å². The zero-order valence-corrected chi connectivity index (χ0v) is 14.2. The molecule has 1 heterocycles. The molecule has 0 spiro atoms. The molecule has 2 aromatic carbocycles. The lowest BCUT2D eigenvalue weighted by atomic mass is 9.93. The van der Waals surface area contributed by atoms with Crippen LogP contribution in [0, 0.1) is 0 Å². The van der Waals surface area contributed by atoms with Crippen LogP contribution in [0.2, 0.25) is 0 Å². The van der Waals surface area contributed by atoms with Crippen molar-refractivity contribution in [3.05, 3.63) is 59.7 Å². The Balaban J connectivity index is 2.29. The van der Waals surface area contributed by atoms with Gasteiger partial charge in [-0.1, -0.05) is 30.3 Å². The number of amides is 2. The third-order valence-corrected chi connectivity index (χ3v) is 4.13. The lowest BCUT2D eigenvalue weighted by molar-refractivity contribution is -0.122. The SMILES string of the molecule is COc1ccc(/C(C(C)=O)=C2/C(=O)N(C(C)=O)c3ccccc32)cc1. The molecule has 0 radical (unpaired) electrons. The third kappa shape index (κ3) is 2.74. The van der Waals surface area contributed by atoms with E-state index >= 15 is 0 Å². The number of hydrogen-bond donors (Lipinski definition) is 0. The van der Waals surface area contributed by atoms with Crippen molar-refractivity contribution < 1.29 is 19.1 Å². The highest BCUT2D eigenvalue weighted by Gasteiger charge is 2.37. The minimum absolute atomic E-state index is 0.242. The predicted octanol–water partition coefficient (Wildman–Crippen LogP) is 3.09. The van der Waals surface area contributed by atoms with Gasteiger partial charge in [0, 0.05) is 18.1 Å². The number of allylic oxidation sites excluding steroid dienone is 1. The Bertz CT molecular complexity index is 910. The van der Waals surface area contributed by atoms with Gasteiger partial charge in [-0.3, -0.25) is 14.4 Å². The second-order valence-electron chi connectivity index (χ2n) is 5.71. The van der Waals surface area contributed by atoms with E-state index in [1.807, 2.05) is 0 Å². The monoisotopic (exact) mass is 335 g/mol. The largest absolute Gasteiger partial charge is 0.497 e. The van der Waals surface area contributed by atoms with Crippen LogP contribution in [-0.2, 0) is 14.4 Å². The summed E-state index contributed by atoms with van der Waals surface area (Å²) in [6.07, 6.45) is 0. The van der Waals surface area contributed by atoms with Gasteiger partial charge in [0.05, 0.1) is 18.4 Å². The van der Waals surface area contributed by atoms with Crippen molar-refractivity contribution in [2.45, 2.75) is 13.8 Å². The van der Waals surface area contributed by atoms with Crippen LogP contribution in [0.4, 0.5) is 5.69 Å². The zero-order valence-electron chi connectivity index (χ0n) is 14.2. The number of Topliss-reactive ketones (excluding diaryl/α,β-unsaturated/α-hetero) is 1. The quantitative estimate of drug-likeness (QED) is 0.809. The van der Waals surface area contributed by atoms with Crippen LogP contribution >= 0.6 is 0 Å². The molecule has 5 nitrogen and oxygen atoms in total. The normalized spacial score (nSPS) is 15.0. The lowest BCUT2D eigenvalue weighted by Crippen LogP contribution is -2.31. The molecule has 0 unspecified atom stereocenters. The fourth-order valence-corrected chi connectivity index (χ4v) is 3.05. The Hall–Kier alpha value is -3.21. The third-order valence-electron chi connectivity index (χ3n) is 4.13. The number of nitrogens with zero attached hydrogens (tertiary/aromatic N) is 1. The molecule has 0 aliphatic carbocycles. The maximum atomic E-state index is 12.9. The number of hydrogen-bond acceptors (Lipinski definition) is 4. The first kappa shape index (κ1) is 16.6. The smallest absolute Gasteiger partial charge is 0.266 e. The number of ether oxygens (including phenoxy) is 1. The summed E-state index contributed by atoms with van der Waals surface area (Å²) in [4.78, 5) is 38.4. The fourth-order valence-electron chi connectivity index (χ4n) is 3.05. The average Bonchev–Trinajstić information content (AvgIpc) is 2.88. The fraction of sp³-hybridized carbons (Fsp3) is 0.150. The molecule has 0 saturated heterocycles. The molecule has 2 aromatic rings. The standard InChI is InChI=1S/C20H17NO4/c1-12(22)18(14-8-10-15(25-3)11-9-14)19-16-6-4-5-7-17(16)21(13(2)23)20(19)24/h4-11H,1-3H3/b19-18+. The van der Waals surface area contributed by atoms with E-state index < -0.39 is 5.91 Å². The lowest BCUT2D eigenvalue weighted by Gasteiger charge is -2.12. The van der Waals surface area contributed by atoms with E-state index in [4.69, 9.17) is 4.74 Å². The van der Waals surface area contributed by atoms with Crippen molar-refractivity contribution in [3.8, 4) is 5.75 Å². The molecule has 1 aliphatic heterocycles. The number of anilines is 1. The molecule has 0 N–H and O–H groups in total. The number of fused-ring (bicyclic) bond motifs is 1. The minimum atomic E-state index is -0.477. The van der Waals surface area contributed by atoms with Gasteiger partial charge in [-0.05, 0) is 30.7 Å². The van der Waals surface area contributed by atoms with Gasteiger partial charge in [0.25, 0.3) is 5.91 Å². The number of imide groups is 1. The van der Waals surface area contributed by atoms with Crippen LogP contribution in [0.1, 0.15) is 25.0 Å². The maximum Gasteiger partial charge on any atom is 0.266 e. The van der Waals surface area contributed by atoms with Crippen molar-refractivity contribution in [1.29, 1.82) is 0 Å². The molecule has 0 atom stereocenters. The molecular weight excluding hydrogens is 318 g/mol. The summed E-state index contributed by atoms with van der Waals surface area (Å²) in [5.74, 6) is -0.450. The topological polar surface area (TPSA) is 63.7 Å². The molecule has 0 aromatic heterocycles. The van der Waals surface area contributed by atoms with Gasteiger partial charge in [-0.25, -0.2) is 4.90 Å². The average molecular weight is 335 g/mol. The van der Waals surface area contributed by atoms with E-state index in [2.05, 4.69) is 0 Å². The highest BCUT2D eigenvalue weighted by Crippen LogP contribution is 2.41. The Morgan fingerprint density at radius 1 is 0.960 bits per heavy atom. The number of benzene rings is 2. The molecule has 5 heteroatoms. The van der Waals surface area contributed by atoms with Crippen LogP contribution in [0.3, 0.4) is 0 Å². The van der Waals surface area contributed by atoms with Crippen molar-refractivity contribution in [1.82, 2.24) is 0 Å². The summed E-state index contributed by atoms with van der Waals surface area (Å²) < 4.78 is 5.14. The van der Waals surface area contributed by atoms with Crippen molar-refractivity contribution in [2.75, 3.05) is 12.0 Å². The number of ketones is 1. The maximum absolute atomic E-state index is 12.9. The van der Waals surface area contributed by atoms with Crippen molar-refractivity contribution in [2.24, 2.45) is 0 Å². The molecule has 2 amide bonds. The second kappa shape index (κ2) is 6.36. The predicted molar refractivity (Wildman–Crippen MR) is 95.1 cm³/mol. The summed E-state index contributed by atoms with van der Waals surface area (Å²) in [7, 11) is 1.56. The summed E-state index contributed by atoms with van der Waals surface area (Å²) in [6, 6.07) is 13.9. The highest BCUT2D eigenvalue weighted by atomic mass is 16.5. The van der Waals surface area contributed by atoms with Gasteiger partial charge < -0.3 is 4.74 Å². The van der Waals surface area contributed by atoms with E-state index in [0.717, 1.165) is 4.90 Å². The van der Waals surface area contributed by atoms with Crippen LogP contribution in [0.15, 0.2) is 48.5 Å². The molecule has 25 heavy (non-hydrogen) atoms. The first-order valence-corrected chi connectivity index (χ1v) is 7.79. The molecule has 3 rings (SSSR count). The Morgan fingerprint density at radius 3 is 2.16 bits per heavy atom. The van der Waals surface area contributed by atoms with E-state index in [-0.39, 0.29) is 17.3 Å². The Morgan fingerprint density at radius 2 is 1.60 bits per heavy atom. The van der Waals surface area contributed by atoms with Crippen LogP contribution < -0.4 is 9.64 Å². The van der Waals surface area contributed by atoms with Crippen LogP contribution in [0.25, 0.3) is 11.1 Å². The summed E-state index contributed by atoms with van der Waals surface area (Å²) in [5, 5.41) is 0. The number of para-hydroxylation sites is 1. The molecule has 0 bridgehead atoms. The number of methoxy groups -OCH3 is 1. The summed E-state index contributed by atoms with van der Waals surface area (Å²) >= 11 is 0. The molecule has 1 aliphatic rings. The molecule has 0 saturated carbocycles. The van der Waals surface area contributed by atoms with Crippen LogP contribution in [-0.4, -0.2) is 24.7 Å². The van der Waals surface area contributed by atoms with Gasteiger partial charge in [-0.15, -0.1) is 0 Å². The first-order valence-electron chi connectivity index (χ1n) is 7.79. The minimum Gasteiger partial charge on any atom is -0.497 e. The van der Waals surface area contributed by atoms with Crippen LogP contribution in [0.5, 0.6) is 5.75 Å². The highest BCUT2D eigenvalue weighted by molar-refractivity contribution is 6.49. The van der Waals surface area contributed by atoms with Gasteiger partial charge in [0.2, 0.25) is 5.91 Å².